The molecule has 29 heavy (non-hydrogen) atoms. The van der Waals surface area contributed by atoms with E-state index in [-0.39, 0.29) is 22.3 Å². The Morgan fingerprint density at radius 1 is 1.07 bits per heavy atom. The molecule has 0 saturated carbocycles. The molecule has 6 nitrogen and oxygen atoms in total. The Balaban J connectivity index is 2.14. The first-order valence-corrected chi connectivity index (χ1v) is 8.50. The van der Waals surface area contributed by atoms with E-state index in [0.717, 1.165) is 24.3 Å². The van der Waals surface area contributed by atoms with Gasteiger partial charge in [0.1, 0.15) is 11.3 Å². The SMILES string of the molecule is Cc1cc(C(=O)NN)ccc1-c1c2cc(F)c(=O)cc-2oc2cc(O)c(F)cc12. The van der Waals surface area contributed by atoms with Gasteiger partial charge in [-0.2, -0.15) is 0 Å². The van der Waals surface area contributed by atoms with Crippen LogP contribution in [-0.2, 0) is 0 Å². The average Bonchev–Trinajstić information content (AvgIpc) is 2.69. The summed E-state index contributed by atoms with van der Waals surface area (Å²) in [5.74, 6) is 2.26. The highest BCUT2D eigenvalue weighted by Crippen LogP contribution is 2.42. The maximum atomic E-state index is 14.1. The van der Waals surface area contributed by atoms with Crippen LogP contribution in [0.25, 0.3) is 33.4 Å². The molecule has 2 aliphatic rings. The van der Waals surface area contributed by atoms with Crippen molar-refractivity contribution in [1.29, 1.82) is 0 Å². The molecular formula is C21H14F2N2O4. The molecule has 2 aromatic rings. The summed E-state index contributed by atoms with van der Waals surface area (Å²) in [7, 11) is 0. The molecule has 0 radical (unpaired) electrons. The van der Waals surface area contributed by atoms with Crippen LogP contribution in [0.5, 0.6) is 5.75 Å². The summed E-state index contributed by atoms with van der Waals surface area (Å²) < 4.78 is 33.8. The van der Waals surface area contributed by atoms with Gasteiger partial charge < -0.3 is 9.52 Å². The topological polar surface area (TPSA) is 106 Å². The molecule has 0 unspecified atom stereocenters. The van der Waals surface area contributed by atoms with Crippen molar-refractivity contribution in [3.8, 4) is 28.2 Å². The van der Waals surface area contributed by atoms with Gasteiger partial charge in [0, 0.05) is 34.2 Å². The van der Waals surface area contributed by atoms with Gasteiger partial charge >= 0.3 is 0 Å². The normalized spacial score (nSPS) is 11.2. The molecule has 4 rings (SSSR count). The maximum Gasteiger partial charge on any atom is 0.265 e. The molecule has 8 heteroatoms. The van der Waals surface area contributed by atoms with Gasteiger partial charge in [0.25, 0.3) is 5.91 Å². The molecule has 0 atom stereocenters. The number of rotatable bonds is 2. The van der Waals surface area contributed by atoms with Crippen molar-refractivity contribution in [2.45, 2.75) is 6.92 Å². The Bertz CT molecular complexity index is 1330. The van der Waals surface area contributed by atoms with Crippen LogP contribution in [0.3, 0.4) is 0 Å². The number of hydrogen-bond donors (Lipinski definition) is 3. The van der Waals surface area contributed by atoms with Crippen LogP contribution in [0.15, 0.2) is 51.7 Å². The maximum absolute atomic E-state index is 14.1. The number of aromatic hydroxyl groups is 1. The Hall–Kier alpha value is -3.78. The second-order valence-electron chi connectivity index (χ2n) is 6.56. The third-order valence-corrected chi connectivity index (χ3v) is 4.73. The second kappa shape index (κ2) is 6.68. The Labute approximate surface area is 162 Å². The van der Waals surface area contributed by atoms with Crippen molar-refractivity contribution in [1.82, 2.24) is 5.43 Å². The average molecular weight is 396 g/mol. The van der Waals surface area contributed by atoms with Crippen LogP contribution < -0.4 is 16.7 Å². The molecule has 2 aromatic carbocycles. The number of fused-ring (bicyclic) bond motifs is 2. The largest absolute Gasteiger partial charge is 0.505 e. The van der Waals surface area contributed by atoms with Crippen molar-refractivity contribution in [3.63, 3.8) is 0 Å². The first-order valence-electron chi connectivity index (χ1n) is 8.50. The molecule has 0 bridgehead atoms. The number of phenolic OH excluding ortho intramolecular Hbond substituents is 1. The summed E-state index contributed by atoms with van der Waals surface area (Å²) >= 11 is 0. The third kappa shape index (κ3) is 2.99. The number of hydrazine groups is 1. The van der Waals surface area contributed by atoms with Crippen molar-refractivity contribution in [3.05, 3.63) is 75.4 Å². The standard InChI is InChI=1S/C21H14F2N2O4/c1-9-4-10(21(28)25-24)2-3-11(9)20-12-5-14(22)16(26)7-18(12)29-19-8-17(27)15(23)6-13(19)20/h2-8,26H,24H2,1H3,(H,25,28). The molecule has 0 aromatic heterocycles. The van der Waals surface area contributed by atoms with Crippen LogP contribution in [-0.4, -0.2) is 11.0 Å². The van der Waals surface area contributed by atoms with Crippen LogP contribution in [0, 0.1) is 18.6 Å². The lowest BCUT2D eigenvalue weighted by Gasteiger charge is -2.17. The van der Waals surface area contributed by atoms with E-state index in [9.17, 15) is 23.5 Å². The van der Waals surface area contributed by atoms with E-state index in [1.165, 1.54) is 6.07 Å². The lowest BCUT2D eigenvalue weighted by molar-refractivity contribution is 0.0953. The monoisotopic (exact) mass is 396 g/mol. The van der Waals surface area contributed by atoms with E-state index < -0.39 is 28.7 Å². The van der Waals surface area contributed by atoms with E-state index in [4.69, 9.17) is 10.3 Å². The number of hydrogen-bond acceptors (Lipinski definition) is 5. The first kappa shape index (κ1) is 18.6. The number of phenols is 1. The number of carbonyl (C=O) groups excluding carboxylic acids is 1. The zero-order valence-electron chi connectivity index (χ0n) is 15.0. The van der Waals surface area contributed by atoms with E-state index >= 15 is 0 Å². The van der Waals surface area contributed by atoms with Gasteiger partial charge in [-0.05, 0) is 42.3 Å². The Morgan fingerprint density at radius 2 is 1.83 bits per heavy atom. The number of nitrogens with one attached hydrogen (secondary N) is 1. The van der Waals surface area contributed by atoms with Crippen molar-refractivity contribution >= 4 is 16.9 Å². The minimum Gasteiger partial charge on any atom is -0.505 e. The number of carbonyl (C=O) groups is 1. The number of nitrogens with two attached hydrogens (primary N) is 1. The van der Waals surface area contributed by atoms with Crippen molar-refractivity contribution in [2.24, 2.45) is 5.84 Å². The van der Waals surface area contributed by atoms with Gasteiger partial charge in [0.05, 0.1) is 0 Å². The number of aryl methyl sites for hydroxylation is 1. The fourth-order valence-corrected chi connectivity index (χ4v) is 3.36. The molecule has 4 N–H and O–H groups in total. The van der Waals surface area contributed by atoms with Crippen molar-refractivity contribution < 1.29 is 23.1 Å². The zero-order valence-corrected chi connectivity index (χ0v) is 15.0. The number of amides is 1. The molecule has 1 heterocycles. The molecule has 1 aliphatic heterocycles. The number of benzene rings is 3. The minimum atomic E-state index is -0.982. The second-order valence-corrected chi connectivity index (χ2v) is 6.56. The first-order chi connectivity index (χ1) is 13.8. The van der Waals surface area contributed by atoms with Gasteiger partial charge in [-0.15, -0.1) is 0 Å². The highest BCUT2D eigenvalue weighted by Gasteiger charge is 2.22. The Morgan fingerprint density at radius 3 is 2.52 bits per heavy atom. The summed E-state index contributed by atoms with van der Waals surface area (Å²) in [6.45, 7) is 1.72. The molecule has 0 saturated heterocycles. The zero-order chi connectivity index (χ0) is 20.9. The molecule has 0 fully saturated rings. The molecular weight excluding hydrogens is 382 g/mol. The summed E-state index contributed by atoms with van der Waals surface area (Å²) in [4.78, 5) is 23.5. The lowest BCUT2D eigenvalue weighted by Crippen LogP contribution is -2.29. The van der Waals surface area contributed by atoms with E-state index in [1.54, 1.807) is 19.1 Å². The highest BCUT2D eigenvalue weighted by molar-refractivity contribution is 6.03. The van der Waals surface area contributed by atoms with Crippen LogP contribution in [0.4, 0.5) is 8.78 Å². The quantitative estimate of drug-likeness (QED) is 0.208. The highest BCUT2D eigenvalue weighted by atomic mass is 19.1. The van der Waals surface area contributed by atoms with E-state index in [2.05, 4.69) is 0 Å². The van der Waals surface area contributed by atoms with Crippen LogP contribution >= 0.6 is 0 Å². The molecule has 1 amide bonds. The van der Waals surface area contributed by atoms with Crippen LogP contribution in [0.2, 0.25) is 0 Å². The number of halogens is 2. The fourth-order valence-electron chi connectivity index (χ4n) is 3.36. The predicted octanol–water partition coefficient (Wildman–Crippen LogP) is 3.46. The minimum absolute atomic E-state index is 0.0769. The van der Waals surface area contributed by atoms with Crippen molar-refractivity contribution in [2.75, 3.05) is 0 Å². The van der Waals surface area contributed by atoms with Gasteiger partial charge in [0.2, 0.25) is 5.43 Å². The van der Waals surface area contributed by atoms with Crippen LogP contribution in [0.1, 0.15) is 15.9 Å². The van der Waals surface area contributed by atoms with E-state index in [1.807, 2.05) is 5.43 Å². The third-order valence-electron chi connectivity index (χ3n) is 4.73. The summed E-state index contributed by atoms with van der Waals surface area (Å²) in [6, 6.07) is 8.90. The molecule has 146 valence electrons. The van der Waals surface area contributed by atoms with Gasteiger partial charge in [-0.1, -0.05) is 6.07 Å². The lowest BCUT2D eigenvalue weighted by atomic mass is 9.90. The molecule has 1 aliphatic carbocycles. The number of nitrogen functional groups attached to an aromatic ring is 1. The predicted molar refractivity (Wildman–Crippen MR) is 103 cm³/mol. The molecule has 0 spiro atoms. The summed E-state index contributed by atoms with van der Waals surface area (Å²) in [5, 5.41) is 9.98. The van der Waals surface area contributed by atoms with Gasteiger partial charge in [-0.25, -0.2) is 14.6 Å². The fraction of sp³-hybridized carbons (Fsp3) is 0.0476. The summed E-state index contributed by atoms with van der Waals surface area (Å²) in [5.41, 5.74) is 3.43. The van der Waals surface area contributed by atoms with E-state index in [0.29, 0.717) is 22.3 Å². The smallest absolute Gasteiger partial charge is 0.265 e. The summed E-state index contributed by atoms with van der Waals surface area (Å²) in [6.07, 6.45) is 0. The Kier molecular flexibility index (Phi) is 4.28. The van der Waals surface area contributed by atoms with Gasteiger partial charge in [0.15, 0.2) is 17.4 Å². The van der Waals surface area contributed by atoms with Gasteiger partial charge in [-0.3, -0.25) is 15.0 Å².